The first-order valence-corrected chi connectivity index (χ1v) is 10.8. The van der Waals surface area contributed by atoms with Crippen molar-refractivity contribution in [2.24, 2.45) is 0 Å². The van der Waals surface area contributed by atoms with Gasteiger partial charge in [0, 0.05) is 48.0 Å². The third kappa shape index (κ3) is 3.54. The molecule has 6 heteroatoms. The molecule has 0 aliphatic rings. The summed E-state index contributed by atoms with van der Waals surface area (Å²) in [4.78, 5) is 4.82. The number of fused-ring (bicyclic) bond motifs is 3. The molecule has 1 atom stereocenters. The molecule has 0 saturated heterocycles. The second-order valence-corrected chi connectivity index (χ2v) is 7.86. The smallest absolute Gasteiger partial charge is 0.134 e. The van der Waals surface area contributed by atoms with Gasteiger partial charge in [0.05, 0.1) is 50.6 Å². The van der Waals surface area contributed by atoms with Gasteiger partial charge in [0.25, 0.3) is 0 Å². The van der Waals surface area contributed by atoms with Crippen LogP contribution in [0.2, 0.25) is 0 Å². The number of nitrogens with zero attached hydrogens (tertiary/aromatic N) is 2. The third-order valence-electron chi connectivity index (χ3n) is 6.12. The molecule has 32 heavy (non-hydrogen) atoms. The Morgan fingerprint density at radius 2 is 1.66 bits per heavy atom. The Morgan fingerprint density at radius 1 is 0.938 bits per heavy atom. The maximum absolute atomic E-state index is 5.75. The van der Waals surface area contributed by atoms with Crippen LogP contribution in [0.1, 0.15) is 24.9 Å². The summed E-state index contributed by atoms with van der Waals surface area (Å²) in [7, 11) is 6.70. The molecule has 0 radical (unpaired) electrons. The zero-order valence-corrected chi connectivity index (χ0v) is 19.6. The molecule has 2 aromatic heterocycles. The standard InChI is InChI=1S/C26H30N2O4/c1-7-17(15-29-3)28-11-9-19-16(2)12-21-20(8-10-27-25(21)26(19)28)24-22(31-5)13-18(30-4)14-23(24)32-6/h8-14,17H,7,15H2,1-6H3. The Bertz CT molecular complexity index is 1240. The van der Waals surface area contributed by atoms with Crippen molar-refractivity contribution in [1.29, 1.82) is 0 Å². The number of rotatable bonds is 8. The van der Waals surface area contributed by atoms with Crippen LogP contribution in [0.5, 0.6) is 17.2 Å². The van der Waals surface area contributed by atoms with Gasteiger partial charge < -0.3 is 23.5 Å². The second-order valence-electron chi connectivity index (χ2n) is 7.86. The highest BCUT2D eigenvalue weighted by Crippen LogP contribution is 2.45. The molecule has 1 unspecified atom stereocenters. The number of hydrogen-bond donors (Lipinski definition) is 0. The average Bonchev–Trinajstić information content (AvgIpc) is 3.27. The highest BCUT2D eigenvalue weighted by atomic mass is 16.5. The predicted octanol–water partition coefficient (Wildman–Crippen LogP) is 5.79. The van der Waals surface area contributed by atoms with Gasteiger partial charge >= 0.3 is 0 Å². The van der Waals surface area contributed by atoms with Gasteiger partial charge in [-0.25, -0.2) is 0 Å². The van der Waals surface area contributed by atoms with Crippen LogP contribution >= 0.6 is 0 Å². The van der Waals surface area contributed by atoms with E-state index in [1.165, 1.54) is 10.9 Å². The van der Waals surface area contributed by atoms with E-state index in [0.29, 0.717) is 23.9 Å². The number of methoxy groups -OCH3 is 4. The SMILES string of the molecule is CCC(COC)n1ccc2c(C)cc3c(-c4c(OC)cc(OC)cc4OC)ccnc3c21. The fourth-order valence-electron chi connectivity index (χ4n) is 4.50. The molecule has 0 fully saturated rings. The molecule has 0 aliphatic carbocycles. The van der Waals surface area contributed by atoms with Crippen LogP contribution < -0.4 is 14.2 Å². The Kier molecular flexibility index (Phi) is 6.24. The second kappa shape index (κ2) is 9.09. The van der Waals surface area contributed by atoms with Crippen molar-refractivity contribution in [3.05, 3.63) is 48.3 Å². The normalized spacial score (nSPS) is 12.3. The lowest BCUT2D eigenvalue weighted by atomic mass is 9.96. The van der Waals surface area contributed by atoms with Crippen LogP contribution in [0.3, 0.4) is 0 Å². The van der Waals surface area contributed by atoms with E-state index in [9.17, 15) is 0 Å². The zero-order chi connectivity index (χ0) is 22.8. The molecule has 0 N–H and O–H groups in total. The van der Waals surface area contributed by atoms with Crippen LogP contribution in [0.15, 0.2) is 42.7 Å². The van der Waals surface area contributed by atoms with E-state index in [1.54, 1.807) is 28.4 Å². The molecule has 4 rings (SSSR count). The van der Waals surface area contributed by atoms with Gasteiger partial charge in [-0.2, -0.15) is 0 Å². The van der Waals surface area contributed by atoms with Gasteiger partial charge in [-0.05, 0) is 37.1 Å². The van der Waals surface area contributed by atoms with Gasteiger partial charge in [-0.15, -0.1) is 0 Å². The fraction of sp³-hybridized carbons (Fsp3) is 0.346. The van der Waals surface area contributed by atoms with Crippen molar-refractivity contribution >= 4 is 21.8 Å². The number of hydrogen-bond acceptors (Lipinski definition) is 5. The fourth-order valence-corrected chi connectivity index (χ4v) is 4.50. The van der Waals surface area contributed by atoms with Crippen molar-refractivity contribution < 1.29 is 18.9 Å². The van der Waals surface area contributed by atoms with E-state index in [-0.39, 0.29) is 6.04 Å². The summed E-state index contributed by atoms with van der Waals surface area (Å²) in [6.45, 7) is 4.97. The summed E-state index contributed by atoms with van der Waals surface area (Å²) in [6.07, 6.45) is 4.96. The largest absolute Gasteiger partial charge is 0.496 e. The first kappa shape index (κ1) is 22.0. The molecule has 168 valence electrons. The lowest BCUT2D eigenvalue weighted by molar-refractivity contribution is 0.155. The van der Waals surface area contributed by atoms with E-state index in [2.05, 4.69) is 36.7 Å². The molecular weight excluding hydrogens is 404 g/mol. The molecule has 2 heterocycles. The van der Waals surface area contributed by atoms with Gasteiger partial charge in [0.1, 0.15) is 17.2 Å². The third-order valence-corrected chi connectivity index (χ3v) is 6.12. The van der Waals surface area contributed by atoms with Crippen molar-refractivity contribution in [2.45, 2.75) is 26.3 Å². The summed E-state index contributed by atoms with van der Waals surface area (Å²) in [5.74, 6) is 2.05. The van der Waals surface area contributed by atoms with Crippen molar-refractivity contribution in [3.8, 4) is 28.4 Å². The highest BCUT2D eigenvalue weighted by Gasteiger charge is 2.21. The van der Waals surface area contributed by atoms with E-state index in [0.717, 1.165) is 34.0 Å². The van der Waals surface area contributed by atoms with Crippen molar-refractivity contribution in [3.63, 3.8) is 0 Å². The van der Waals surface area contributed by atoms with E-state index in [4.69, 9.17) is 23.9 Å². The van der Waals surface area contributed by atoms with Crippen molar-refractivity contribution in [1.82, 2.24) is 9.55 Å². The summed E-state index contributed by atoms with van der Waals surface area (Å²) in [5, 5.41) is 2.25. The van der Waals surface area contributed by atoms with Crippen molar-refractivity contribution in [2.75, 3.05) is 35.0 Å². The predicted molar refractivity (Wildman–Crippen MR) is 128 cm³/mol. The highest BCUT2D eigenvalue weighted by molar-refractivity contribution is 6.11. The Labute approximate surface area is 188 Å². The minimum atomic E-state index is 0.234. The van der Waals surface area contributed by atoms with E-state index in [1.807, 2.05) is 24.4 Å². The van der Waals surface area contributed by atoms with Gasteiger partial charge in [-0.1, -0.05) is 6.92 Å². The van der Waals surface area contributed by atoms with Crippen LogP contribution in [-0.4, -0.2) is 44.6 Å². The quantitative estimate of drug-likeness (QED) is 0.351. The molecule has 0 amide bonds. The molecule has 0 saturated carbocycles. The first-order chi connectivity index (χ1) is 15.6. The van der Waals surface area contributed by atoms with Crippen LogP contribution in [0.4, 0.5) is 0 Å². The van der Waals surface area contributed by atoms with Gasteiger partial charge in [0.2, 0.25) is 0 Å². The minimum absolute atomic E-state index is 0.234. The zero-order valence-electron chi connectivity index (χ0n) is 19.6. The van der Waals surface area contributed by atoms with E-state index < -0.39 is 0 Å². The van der Waals surface area contributed by atoms with Crippen LogP contribution in [-0.2, 0) is 4.74 Å². The van der Waals surface area contributed by atoms with Gasteiger partial charge in [-0.3, -0.25) is 4.98 Å². The number of aryl methyl sites for hydroxylation is 1. The lowest BCUT2D eigenvalue weighted by Gasteiger charge is -2.20. The topological polar surface area (TPSA) is 54.7 Å². The molecule has 0 spiro atoms. The maximum atomic E-state index is 5.75. The summed E-state index contributed by atoms with van der Waals surface area (Å²) in [6, 6.07) is 10.4. The number of benzene rings is 2. The molecule has 0 bridgehead atoms. The molecule has 2 aromatic carbocycles. The Hall–Kier alpha value is -3.25. The number of pyridine rings is 1. The molecule has 6 nitrogen and oxygen atoms in total. The average molecular weight is 435 g/mol. The number of aromatic nitrogens is 2. The Morgan fingerprint density at radius 3 is 2.25 bits per heavy atom. The maximum Gasteiger partial charge on any atom is 0.134 e. The summed E-state index contributed by atoms with van der Waals surface area (Å²) >= 11 is 0. The Balaban J connectivity index is 2.07. The summed E-state index contributed by atoms with van der Waals surface area (Å²) < 4.78 is 24.7. The van der Waals surface area contributed by atoms with Crippen LogP contribution in [0, 0.1) is 6.92 Å². The molecule has 0 aliphatic heterocycles. The molecular formula is C26H30N2O4. The van der Waals surface area contributed by atoms with Crippen LogP contribution in [0.25, 0.3) is 32.9 Å². The van der Waals surface area contributed by atoms with E-state index >= 15 is 0 Å². The minimum Gasteiger partial charge on any atom is -0.496 e. The molecule has 4 aromatic rings. The first-order valence-electron chi connectivity index (χ1n) is 10.8. The number of ether oxygens (including phenoxy) is 4. The monoisotopic (exact) mass is 434 g/mol. The summed E-state index contributed by atoms with van der Waals surface area (Å²) in [5.41, 5.74) is 5.15. The van der Waals surface area contributed by atoms with Gasteiger partial charge in [0.15, 0.2) is 0 Å². The lowest BCUT2D eigenvalue weighted by Crippen LogP contribution is -2.13.